The molecule has 0 aliphatic carbocycles. The molecular formula is C15H14O3. The first kappa shape index (κ1) is 12.2. The first-order valence-electron chi connectivity index (χ1n) is 5.79. The Morgan fingerprint density at radius 2 is 2.17 bits per heavy atom. The number of hydrogen-bond donors (Lipinski definition) is 0. The largest absolute Gasteiger partial charge is 0.463 e. The lowest BCUT2D eigenvalue weighted by molar-refractivity contribution is -0.137. The van der Waals surface area contributed by atoms with E-state index in [0.29, 0.717) is 6.61 Å². The first-order chi connectivity index (χ1) is 8.79. The van der Waals surface area contributed by atoms with Gasteiger partial charge in [-0.05, 0) is 25.1 Å². The summed E-state index contributed by atoms with van der Waals surface area (Å²) in [5.41, 5.74) is 0.853. The number of benzene rings is 1. The molecule has 0 saturated carbocycles. The summed E-state index contributed by atoms with van der Waals surface area (Å²) in [6, 6.07) is 9.75. The van der Waals surface area contributed by atoms with Crippen molar-refractivity contribution in [1.82, 2.24) is 0 Å². The number of rotatable bonds is 4. The smallest absolute Gasteiger partial charge is 0.330 e. The number of allylic oxidation sites excluding steroid dienone is 2. The van der Waals surface area contributed by atoms with E-state index in [9.17, 15) is 4.79 Å². The number of hydrogen-bond acceptors (Lipinski definition) is 3. The third kappa shape index (κ3) is 3.10. The Kier molecular flexibility index (Phi) is 3.97. The minimum atomic E-state index is -0.341. The molecule has 1 aromatic heterocycles. The molecule has 0 bridgehead atoms. The molecule has 0 atom stereocenters. The van der Waals surface area contributed by atoms with Crippen LogP contribution in [-0.4, -0.2) is 12.6 Å². The van der Waals surface area contributed by atoms with E-state index in [4.69, 9.17) is 9.15 Å². The molecule has 18 heavy (non-hydrogen) atoms. The molecule has 3 nitrogen and oxygen atoms in total. The van der Waals surface area contributed by atoms with Gasteiger partial charge in [-0.2, -0.15) is 0 Å². The number of ether oxygens (including phenoxy) is 1. The van der Waals surface area contributed by atoms with Gasteiger partial charge >= 0.3 is 5.97 Å². The second kappa shape index (κ2) is 5.87. The molecule has 0 aliphatic heterocycles. The van der Waals surface area contributed by atoms with Crippen LogP contribution in [0.1, 0.15) is 12.7 Å². The van der Waals surface area contributed by atoms with Crippen molar-refractivity contribution in [3.63, 3.8) is 0 Å². The number of carbonyl (C=O) groups excluding carboxylic acids is 1. The molecule has 0 N–H and O–H groups in total. The molecule has 0 saturated heterocycles. The van der Waals surface area contributed by atoms with Gasteiger partial charge in [-0.25, -0.2) is 4.79 Å². The molecular weight excluding hydrogens is 228 g/mol. The Morgan fingerprint density at radius 3 is 2.94 bits per heavy atom. The SMILES string of the molecule is CCOC(=O)/C=C/C=C/c1cc2ccccc2o1. The van der Waals surface area contributed by atoms with Crippen LogP contribution in [0.3, 0.4) is 0 Å². The molecule has 1 heterocycles. The van der Waals surface area contributed by atoms with Gasteiger partial charge < -0.3 is 9.15 Å². The van der Waals surface area contributed by atoms with E-state index < -0.39 is 0 Å². The fourth-order valence-corrected chi connectivity index (χ4v) is 1.56. The molecule has 92 valence electrons. The van der Waals surface area contributed by atoms with Gasteiger partial charge in [0.2, 0.25) is 0 Å². The van der Waals surface area contributed by atoms with Crippen LogP contribution in [-0.2, 0) is 9.53 Å². The number of esters is 1. The predicted molar refractivity (Wildman–Crippen MR) is 71.0 cm³/mol. The van der Waals surface area contributed by atoms with Crippen LogP contribution in [0.4, 0.5) is 0 Å². The third-order valence-electron chi connectivity index (χ3n) is 2.34. The summed E-state index contributed by atoms with van der Waals surface area (Å²) >= 11 is 0. The van der Waals surface area contributed by atoms with Gasteiger partial charge in [0, 0.05) is 11.5 Å². The normalized spacial score (nSPS) is 11.6. The molecule has 0 aliphatic rings. The Balaban J connectivity index is 2.02. The minimum Gasteiger partial charge on any atom is -0.463 e. The summed E-state index contributed by atoms with van der Waals surface area (Å²) in [6.07, 6.45) is 6.55. The zero-order chi connectivity index (χ0) is 12.8. The number of para-hydroxylation sites is 1. The third-order valence-corrected chi connectivity index (χ3v) is 2.34. The van der Waals surface area contributed by atoms with Gasteiger partial charge in [0.25, 0.3) is 0 Å². The van der Waals surface area contributed by atoms with Gasteiger partial charge in [-0.3, -0.25) is 0 Å². The highest BCUT2D eigenvalue weighted by Gasteiger charge is 1.98. The number of fused-ring (bicyclic) bond motifs is 1. The van der Waals surface area contributed by atoms with Crippen molar-refractivity contribution >= 4 is 23.0 Å². The summed E-state index contributed by atoms with van der Waals surface area (Å²) in [4.78, 5) is 11.0. The van der Waals surface area contributed by atoms with E-state index in [1.165, 1.54) is 6.08 Å². The van der Waals surface area contributed by atoms with Crippen LogP contribution in [0.25, 0.3) is 17.0 Å². The highest BCUT2D eigenvalue weighted by atomic mass is 16.5. The lowest BCUT2D eigenvalue weighted by Gasteiger charge is -1.92. The molecule has 0 unspecified atom stereocenters. The molecule has 2 rings (SSSR count). The quantitative estimate of drug-likeness (QED) is 0.467. The van der Waals surface area contributed by atoms with E-state index in [1.807, 2.05) is 30.3 Å². The van der Waals surface area contributed by atoms with Crippen molar-refractivity contribution in [2.24, 2.45) is 0 Å². The minimum absolute atomic E-state index is 0.341. The molecule has 0 radical (unpaired) electrons. The average molecular weight is 242 g/mol. The Hall–Kier alpha value is -2.29. The van der Waals surface area contributed by atoms with Crippen molar-refractivity contribution in [3.05, 3.63) is 54.3 Å². The second-order valence-electron chi connectivity index (χ2n) is 3.66. The Bertz CT molecular complexity index is 558. The predicted octanol–water partition coefficient (Wildman–Crippen LogP) is 3.57. The van der Waals surface area contributed by atoms with Crippen LogP contribution in [0.2, 0.25) is 0 Å². The van der Waals surface area contributed by atoms with Crippen molar-refractivity contribution in [2.45, 2.75) is 6.92 Å². The lowest BCUT2D eigenvalue weighted by Crippen LogP contribution is -1.98. The topological polar surface area (TPSA) is 39.4 Å². The maximum absolute atomic E-state index is 11.0. The van der Waals surface area contributed by atoms with Gasteiger partial charge in [-0.15, -0.1) is 0 Å². The fraction of sp³-hybridized carbons (Fsp3) is 0.133. The Labute approximate surface area is 105 Å². The van der Waals surface area contributed by atoms with Gasteiger partial charge in [0.15, 0.2) is 0 Å². The average Bonchev–Trinajstić information content (AvgIpc) is 2.77. The summed E-state index contributed by atoms with van der Waals surface area (Å²) in [7, 11) is 0. The summed E-state index contributed by atoms with van der Waals surface area (Å²) < 4.78 is 10.3. The number of furan rings is 1. The highest BCUT2D eigenvalue weighted by Crippen LogP contribution is 2.19. The second-order valence-corrected chi connectivity index (χ2v) is 3.66. The van der Waals surface area contributed by atoms with Gasteiger partial charge in [0.1, 0.15) is 11.3 Å². The zero-order valence-corrected chi connectivity index (χ0v) is 10.1. The summed E-state index contributed by atoms with van der Waals surface area (Å²) in [5.74, 6) is 0.413. The standard InChI is InChI=1S/C15H14O3/c1-2-17-15(16)10-6-4-8-13-11-12-7-3-5-9-14(12)18-13/h3-11H,2H2,1H3/b8-4+,10-6+. The van der Waals surface area contributed by atoms with Crippen molar-refractivity contribution in [1.29, 1.82) is 0 Å². The molecule has 0 amide bonds. The van der Waals surface area contributed by atoms with E-state index in [2.05, 4.69) is 0 Å². The molecule has 3 heteroatoms. The Morgan fingerprint density at radius 1 is 1.33 bits per heavy atom. The maximum atomic E-state index is 11.0. The van der Waals surface area contributed by atoms with Gasteiger partial charge in [-0.1, -0.05) is 30.4 Å². The molecule has 0 fully saturated rings. The van der Waals surface area contributed by atoms with Crippen molar-refractivity contribution < 1.29 is 13.9 Å². The van der Waals surface area contributed by atoms with Crippen LogP contribution >= 0.6 is 0 Å². The fourth-order valence-electron chi connectivity index (χ4n) is 1.56. The zero-order valence-electron chi connectivity index (χ0n) is 10.1. The van der Waals surface area contributed by atoms with Crippen molar-refractivity contribution in [3.8, 4) is 0 Å². The van der Waals surface area contributed by atoms with E-state index in [1.54, 1.807) is 25.2 Å². The van der Waals surface area contributed by atoms with Crippen molar-refractivity contribution in [2.75, 3.05) is 6.61 Å². The van der Waals surface area contributed by atoms with E-state index >= 15 is 0 Å². The lowest BCUT2D eigenvalue weighted by atomic mass is 10.2. The molecule has 2 aromatic rings. The van der Waals surface area contributed by atoms with Crippen LogP contribution in [0.15, 0.2) is 53.0 Å². The van der Waals surface area contributed by atoms with E-state index in [-0.39, 0.29) is 5.97 Å². The van der Waals surface area contributed by atoms with Gasteiger partial charge in [0.05, 0.1) is 6.61 Å². The van der Waals surface area contributed by atoms with Crippen LogP contribution in [0, 0.1) is 0 Å². The van der Waals surface area contributed by atoms with Crippen LogP contribution in [0.5, 0.6) is 0 Å². The molecule has 0 spiro atoms. The maximum Gasteiger partial charge on any atom is 0.330 e. The highest BCUT2D eigenvalue weighted by molar-refractivity contribution is 5.82. The number of carbonyl (C=O) groups is 1. The monoisotopic (exact) mass is 242 g/mol. The molecule has 1 aromatic carbocycles. The van der Waals surface area contributed by atoms with E-state index in [0.717, 1.165) is 16.7 Å². The summed E-state index contributed by atoms with van der Waals surface area (Å²) in [5, 5.41) is 1.06. The summed E-state index contributed by atoms with van der Waals surface area (Å²) in [6.45, 7) is 2.16. The van der Waals surface area contributed by atoms with Crippen LogP contribution < -0.4 is 0 Å². The first-order valence-corrected chi connectivity index (χ1v) is 5.79.